The molecule has 0 aromatic rings. The molecule has 0 bridgehead atoms. The molecule has 1 heterocycles. The number of thiol groups is 1. The zero-order valence-electron chi connectivity index (χ0n) is 6.43. The van der Waals surface area contributed by atoms with Gasteiger partial charge in [0.1, 0.15) is 12.2 Å². The Morgan fingerprint density at radius 2 is 1.73 bits per heavy atom. The summed E-state index contributed by atoms with van der Waals surface area (Å²) in [6.07, 6.45) is 4.42. The van der Waals surface area contributed by atoms with Crippen molar-refractivity contribution < 1.29 is 14.0 Å². The zero-order valence-corrected chi connectivity index (χ0v) is 9.12. The van der Waals surface area contributed by atoms with Crippen molar-refractivity contribution in [3.05, 3.63) is 0 Å². The lowest BCUT2D eigenvalue weighted by atomic mass is 10.4. The molecule has 0 aromatic carbocycles. The van der Waals surface area contributed by atoms with Gasteiger partial charge in [-0.2, -0.15) is 4.89 Å². The Morgan fingerprint density at radius 3 is 1.82 bits per heavy atom. The minimum absolute atomic E-state index is 1.01. The van der Waals surface area contributed by atoms with Crippen LogP contribution in [-0.2, 0) is 9.13 Å². The molecule has 1 aliphatic rings. The molecule has 1 atom stereocenters. The van der Waals surface area contributed by atoms with Crippen molar-refractivity contribution in [2.75, 3.05) is 19.0 Å². The summed E-state index contributed by atoms with van der Waals surface area (Å²) in [6, 6.07) is 0. The Kier molecular flexibility index (Phi) is 5.62. The maximum atomic E-state index is 11.0. The Morgan fingerprint density at radius 1 is 1.45 bits per heavy atom. The Balaban J connectivity index is 0.000000218. The molecule has 1 rings (SSSR count). The Labute approximate surface area is 73.0 Å². The summed E-state index contributed by atoms with van der Waals surface area (Å²) >= 11 is 3.03. The van der Waals surface area contributed by atoms with Gasteiger partial charge < -0.3 is 4.57 Å². The maximum absolute atomic E-state index is 11.0. The van der Waals surface area contributed by atoms with Gasteiger partial charge in [-0.1, -0.05) is 0 Å². The van der Waals surface area contributed by atoms with E-state index >= 15 is 0 Å². The summed E-state index contributed by atoms with van der Waals surface area (Å²) in [5.74, 6) is 0. The van der Waals surface area contributed by atoms with Gasteiger partial charge in [-0.25, -0.2) is 0 Å². The van der Waals surface area contributed by atoms with E-state index in [1.165, 1.54) is 12.8 Å². The second-order valence-corrected chi connectivity index (χ2v) is 7.72. The fourth-order valence-corrected chi connectivity index (χ4v) is 3.01. The van der Waals surface area contributed by atoms with E-state index in [1.807, 2.05) is 6.66 Å². The molecule has 1 unspecified atom stereocenters. The van der Waals surface area contributed by atoms with Crippen LogP contribution in [0, 0.1) is 0 Å². The molecule has 66 valence electrons. The molecule has 1 fully saturated rings. The molecule has 0 saturated carbocycles. The second kappa shape index (κ2) is 5.31. The number of hydrogen-bond donors (Lipinski definition) is 2. The molecule has 6 heteroatoms. The van der Waals surface area contributed by atoms with E-state index in [0.29, 0.717) is 0 Å². The van der Waals surface area contributed by atoms with Gasteiger partial charge in [-0.15, -0.1) is 0 Å². The molecular formula is C5H13O3P2S+. The van der Waals surface area contributed by atoms with E-state index in [2.05, 4.69) is 12.2 Å². The topological polar surface area (TPSA) is 54.4 Å². The van der Waals surface area contributed by atoms with Crippen molar-refractivity contribution in [1.29, 1.82) is 0 Å². The van der Waals surface area contributed by atoms with E-state index < -0.39 is 14.4 Å². The lowest BCUT2D eigenvalue weighted by molar-refractivity contribution is 0.520. The van der Waals surface area contributed by atoms with Crippen molar-refractivity contribution in [1.82, 2.24) is 0 Å². The third-order valence-electron chi connectivity index (χ3n) is 1.51. The van der Waals surface area contributed by atoms with Crippen molar-refractivity contribution >= 4 is 26.6 Å². The maximum Gasteiger partial charge on any atom is 0.579 e. The van der Waals surface area contributed by atoms with Gasteiger partial charge in [-0.3, -0.25) is 0 Å². The average Bonchev–Trinajstić information content (AvgIpc) is 2.11. The number of hydrogen-bond acceptors (Lipinski definition) is 2. The third kappa shape index (κ3) is 8.55. The van der Waals surface area contributed by atoms with Crippen LogP contribution in [0.25, 0.3) is 0 Å². The third-order valence-corrected chi connectivity index (χ3v) is 4.04. The van der Waals surface area contributed by atoms with Crippen LogP contribution < -0.4 is 0 Å². The first-order valence-electron chi connectivity index (χ1n) is 3.34. The summed E-state index contributed by atoms with van der Waals surface area (Å²) in [4.78, 5) is 7.43. The van der Waals surface area contributed by atoms with Crippen molar-refractivity contribution in [3.8, 4) is 0 Å². The van der Waals surface area contributed by atoms with Gasteiger partial charge in [0.05, 0.1) is 7.14 Å². The normalized spacial score (nSPS) is 21.9. The van der Waals surface area contributed by atoms with Crippen LogP contribution in [0.4, 0.5) is 0 Å². The fourth-order valence-electron chi connectivity index (χ4n) is 1.00. The van der Waals surface area contributed by atoms with Crippen molar-refractivity contribution in [3.63, 3.8) is 0 Å². The van der Waals surface area contributed by atoms with Crippen LogP contribution in [0.3, 0.4) is 0 Å². The van der Waals surface area contributed by atoms with Crippen LogP contribution in [0.5, 0.6) is 0 Å². The molecule has 1 aliphatic heterocycles. The molecule has 11 heavy (non-hydrogen) atoms. The van der Waals surface area contributed by atoms with Crippen molar-refractivity contribution in [2.45, 2.75) is 12.8 Å². The Hall–Kier alpha value is 0.640. The van der Waals surface area contributed by atoms with Gasteiger partial charge in [0, 0.05) is 12.3 Å². The van der Waals surface area contributed by atoms with Gasteiger partial charge in [-0.05, 0) is 24.1 Å². The molecule has 3 nitrogen and oxygen atoms in total. The van der Waals surface area contributed by atoms with E-state index in [-0.39, 0.29) is 0 Å². The number of rotatable bonds is 0. The molecular weight excluding hydrogens is 202 g/mol. The van der Waals surface area contributed by atoms with E-state index in [9.17, 15) is 4.57 Å². The lowest BCUT2D eigenvalue weighted by Crippen LogP contribution is -1.75. The van der Waals surface area contributed by atoms with Crippen LogP contribution >= 0.6 is 26.6 Å². The van der Waals surface area contributed by atoms with Gasteiger partial charge in [0.25, 0.3) is 0 Å². The summed E-state index contributed by atoms with van der Waals surface area (Å²) < 4.78 is 20.0. The highest BCUT2D eigenvalue weighted by Gasteiger charge is 2.19. The predicted octanol–water partition coefficient (Wildman–Crippen LogP) is 2.34. The van der Waals surface area contributed by atoms with E-state index in [0.717, 1.165) is 12.3 Å². The fraction of sp³-hybridized carbons (Fsp3) is 1.00. The van der Waals surface area contributed by atoms with Gasteiger partial charge in [0.15, 0.2) is 0 Å². The highest BCUT2D eigenvalue weighted by Crippen LogP contribution is 2.47. The van der Waals surface area contributed by atoms with E-state index in [1.54, 1.807) is 0 Å². The lowest BCUT2D eigenvalue weighted by Gasteiger charge is -1.96. The SMILES string of the molecule is CP1(=O)CCCC1.O=[P+](O)S. The molecule has 0 aliphatic carbocycles. The standard InChI is InChI=1S/C5H11OP.HO2PS/c1-7(6)4-2-3-5-7;1-3(2)4/h2-5H2,1H3;(H-,1,2,4)/p+1. The summed E-state index contributed by atoms with van der Waals surface area (Å²) in [5.41, 5.74) is 0. The van der Waals surface area contributed by atoms with Crippen molar-refractivity contribution in [2.24, 2.45) is 0 Å². The monoisotopic (exact) mass is 215 g/mol. The molecule has 0 radical (unpaired) electrons. The minimum atomic E-state index is -2.18. The summed E-state index contributed by atoms with van der Waals surface area (Å²) in [7, 11) is -3.72. The first-order chi connectivity index (χ1) is 4.94. The molecule has 1 N–H and O–H groups in total. The average molecular weight is 215 g/mol. The highest BCUT2D eigenvalue weighted by atomic mass is 32.7. The zero-order chi connectivity index (χ0) is 8.91. The minimum Gasteiger partial charge on any atom is -0.324 e. The van der Waals surface area contributed by atoms with E-state index in [4.69, 9.17) is 9.46 Å². The van der Waals surface area contributed by atoms with Gasteiger partial charge >= 0.3 is 7.23 Å². The van der Waals surface area contributed by atoms with Gasteiger partial charge in [0.2, 0.25) is 0 Å². The summed E-state index contributed by atoms with van der Waals surface area (Å²) in [5, 5.41) is 0. The van der Waals surface area contributed by atoms with Crippen LogP contribution in [-0.4, -0.2) is 23.9 Å². The second-order valence-electron chi connectivity index (χ2n) is 2.70. The quantitative estimate of drug-likeness (QED) is 0.481. The predicted molar refractivity (Wildman–Crippen MR) is 51.3 cm³/mol. The first kappa shape index (κ1) is 11.6. The van der Waals surface area contributed by atoms with Crippen LogP contribution in [0.2, 0.25) is 0 Å². The first-order valence-corrected chi connectivity index (χ1v) is 8.23. The highest BCUT2D eigenvalue weighted by molar-refractivity contribution is 8.38. The summed E-state index contributed by atoms with van der Waals surface area (Å²) in [6.45, 7) is 1.92. The molecule has 0 aromatic heterocycles. The largest absolute Gasteiger partial charge is 0.579 e. The molecule has 0 amide bonds. The smallest absolute Gasteiger partial charge is 0.324 e. The molecule has 0 spiro atoms. The van der Waals surface area contributed by atoms with Crippen LogP contribution in [0.1, 0.15) is 12.8 Å². The Bertz CT molecular complexity index is 169. The molecule has 1 saturated heterocycles. The van der Waals surface area contributed by atoms with Crippen LogP contribution in [0.15, 0.2) is 0 Å².